The van der Waals surface area contributed by atoms with E-state index in [1.807, 2.05) is 31.6 Å². The lowest BCUT2D eigenvalue weighted by molar-refractivity contribution is 0.493. The predicted molar refractivity (Wildman–Crippen MR) is 74.4 cm³/mol. The van der Waals surface area contributed by atoms with Crippen molar-refractivity contribution in [1.29, 1.82) is 0 Å². The maximum Gasteiger partial charge on any atom is 0.159 e. The summed E-state index contributed by atoms with van der Waals surface area (Å²) >= 11 is 0. The fourth-order valence-electron chi connectivity index (χ4n) is 2.35. The van der Waals surface area contributed by atoms with Gasteiger partial charge in [-0.3, -0.25) is 4.68 Å². The van der Waals surface area contributed by atoms with Crippen molar-refractivity contribution < 1.29 is 8.78 Å². The Hall–Kier alpha value is -1.75. The molecule has 1 atom stereocenters. The highest BCUT2D eigenvalue weighted by atomic mass is 19.2. The molecule has 1 heterocycles. The summed E-state index contributed by atoms with van der Waals surface area (Å²) in [4.78, 5) is 0. The SMILES string of the molecule is CCNC(Cc1cc(C)nn1C)c1ccc(F)c(F)c1. The van der Waals surface area contributed by atoms with E-state index in [9.17, 15) is 8.78 Å². The average molecular weight is 279 g/mol. The van der Waals surface area contributed by atoms with Crippen LogP contribution in [-0.2, 0) is 13.5 Å². The smallest absolute Gasteiger partial charge is 0.159 e. The topological polar surface area (TPSA) is 29.9 Å². The molecule has 0 aliphatic heterocycles. The third-order valence-corrected chi connectivity index (χ3v) is 3.31. The Bertz CT molecular complexity index is 593. The first-order chi connectivity index (χ1) is 9.51. The van der Waals surface area contributed by atoms with Crippen LogP contribution in [0.25, 0.3) is 0 Å². The molecular formula is C15H19F2N3. The van der Waals surface area contributed by atoms with Crippen molar-refractivity contribution in [1.82, 2.24) is 15.1 Å². The molecule has 0 fully saturated rings. The molecule has 0 saturated carbocycles. The average Bonchev–Trinajstić information content (AvgIpc) is 2.71. The second kappa shape index (κ2) is 6.13. The van der Waals surface area contributed by atoms with Crippen molar-refractivity contribution in [3.8, 4) is 0 Å². The number of nitrogens with one attached hydrogen (secondary N) is 1. The Balaban J connectivity index is 2.26. The molecule has 5 heteroatoms. The molecule has 20 heavy (non-hydrogen) atoms. The minimum absolute atomic E-state index is 0.0649. The summed E-state index contributed by atoms with van der Waals surface area (Å²) in [5, 5.41) is 7.60. The number of aromatic nitrogens is 2. The number of likely N-dealkylation sites (N-methyl/N-ethyl adjacent to an activating group) is 1. The number of halogens is 2. The van der Waals surface area contributed by atoms with Crippen molar-refractivity contribution in [2.45, 2.75) is 26.3 Å². The Morgan fingerprint density at radius 2 is 2.00 bits per heavy atom. The van der Waals surface area contributed by atoms with Crippen LogP contribution in [0.5, 0.6) is 0 Å². The van der Waals surface area contributed by atoms with Gasteiger partial charge in [0.25, 0.3) is 0 Å². The van der Waals surface area contributed by atoms with E-state index in [1.54, 1.807) is 6.07 Å². The quantitative estimate of drug-likeness (QED) is 0.912. The molecule has 1 unspecified atom stereocenters. The number of nitrogens with zero attached hydrogens (tertiary/aromatic N) is 2. The van der Waals surface area contributed by atoms with E-state index >= 15 is 0 Å². The predicted octanol–water partition coefficient (Wildman–Crippen LogP) is 2.90. The number of benzene rings is 1. The third-order valence-electron chi connectivity index (χ3n) is 3.31. The van der Waals surface area contributed by atoms with Gasteiger partial charge in [0.05, 0.1) is 5.69 Å². The highest BCUT2D eigenvalue weighted by Crippen LogP contribution is 2.21. The summed E-state index contributed by atoms with van der Waals surface area (Å²) in [7, 11) is 1.89. The monoisotopic (exact) mass is 279 g/mol. The number of rotatable bonds is 5. The van der Waals surface area contributed by atoms with Gasteiger partial charge >= 0.3 is 0 Å². The minimum atomic E-state index is -0.819. The van der Waals surface area contributed by atoms with Gasteiger partial charge in [0.2, 0.25) is 0 Å². The zero-order valence-corrected chi connectivity index (χ0v) is 12.0. The molecule has 0 aliphatic carbocycles. The molecule has 0 radical (unpaired) electrons. The van der Waals surface area contributed by atoms with Gasteiger partial charge in [-0.1, -0.05) is 13.0 Å². The van der Waals surface area contributed by atoms with Gasteiger partial charge in [-0.2, -0.15) is 5.10 Å². The maximum atomic E-state index is 13.4. The van der Waals surface area contributed by atoms with Crippen LogP contribution in [0.4, 0.5) is 8.78 Å². The van der Waals surface area contributed by atoms with E-state index in [0.29, 0.717) is 6.42 Å². The molecule has 108 valence electrons. The Labute approximate surface area is 117 Å². The van der Waals surface area contributed by atoms with Crippen LogP contribution in [0.2, 0.25) is 0 Å². The minimum Gasteiger partial charge on any atom is -0.310 e. The Kier molecular flexibility index (Phi) is 4.49. The molecule has 0 spiro atoms. The second-order valence-corrected chi connectivity index (χ2v) is 4.89. The molecule has 2 aromatic rings. The first-order valence-electron chi connectivity index (χ1n) is 6.69. The summed E-state index contributed by atoms with van der Waals surface area (Å²) in [6, 6.07) is 5.99. The van der Waals surface area contributed by atoms with Crippen LogP contribution < -0.4 is 5.32 Å². The van der Waals surface area contributed by atoms with Crippen molar-refractivity contribution in [3.05, 3.63) is 52.9 Å². The molecule has 3 nitrogen and oxygen atoms in total. The molecule has 2 rings (SSSR count). The van der Waals surface area contributed by atoms with Gasteiger partial charge in [0.15, 0.2) is 11.6 Å². The molecule has 0 amide bonds. The summed E-state index contributed by atoms with van der Waals surface area (Å²) < 4.78 is 28.2. The van der Waals surface area contributed by atoms with Crippen LogP contribution in [0.3, 0.4) is 0 Å². The molecular weight excluding hydrogens is 260 g/mol. The maximum absolute atomic E-state index is 13.4. The molecule has 0 bridgehead atoms. The standard InChI is InChI=1S/C15H19F2N3/c1-4-18-15(9-12-7-10(2)19-20(12)3)11-5-6-13(16)14(17)8-11/h5-8,15,18H,4,9H2,1-3H3. The van der Waals surface area contributed by atoms with Crippen LogP contribution >= 0.6 is 0 Å². The van der Waals surface area contributed by atoms with Gasteiger partial charge in [-0.15, -0.1) is 0 Å². The number of hydrogen-bond acceptors (Lipinski definition) is 2. The van der Waals surface area contributed by atoms with E-state index in [2.05, 4.69) is 10.4 Å². The van der Waals surface area contributed by atoms with Crippen molar-refractivity contribution in [2.24, 2.45) is 7.05 Å². The fourth-order valence-corrected chi connectivity index (χ4v) is 2.35. The van der Waals surface area contributed by atoms with E-state index in [4.69, 9.17) is 0 Å². The molecule has 0 aliphatic rings. The Morgan fingerprint density at radius 1 is 1.25 bits per heavy atom. The van der Waals surface area contributed by atoms with E-state index < -0.39 is 11.6 Å². The Morgan fingerprint density at radius 3 is 2.55 bits per heavy atom. The molecule has 1 N–H and O–H groups in total. The summed E-state index contributed by atoms with van der Waals surface area (Å²) in [5.74, 6) is -1.63. The lowest BCUT2D eigenvalue weighted by Gasteiger charge is -2.18. The van der Waals surface area contributed by atoms with Crippen LogP contribution in [0.15, 0.2) is 24.3 Å². The first-order valence-corrected chi connectivity index (χ1v) is 6.69. The van der Waals surface area contributed by atoms with Gasteiger partial charge in [0.1, 0.15) is 0 Å². The highest BCUT2D eigenvalue weighted by molar-refractivity contribution is 5.23. The zero-order chi connectivity index (χ0) is 14.7. The van der Waals surface area contributed by atoms with E-state index in [1.165, 1.54) is 12.1 Å². The third kappa shape index (κ3) is 3.22. The molecule has 1 aromatic carbocycles. The van der Waals surface area contributed by atoms with Crippen LogP contribution in [-0.4, -0.2) is 16.3 Å². The van der Waals surface area contributed by atoms with Crippen molar-refractivity contribution in [3.63, 3.8) is 0 Å². The fraction of sp³-hybridized carbons (Fsp3) is 0.400. The molecule has 0 saturated heterocycles. The lowest BCUT2D eigenvalue weighted by atomic mass is 10.0. The van der Waals surface area contributed by atoms with Crippen LogP contribution in [0.1, 0.15) is 29.9 Å². The lowest BCUT2D eigenvalue weighted by Crippen LogP contribution is -2.24. The van der Waals surface area contributed by atoms with Gasteiger partial charge < -0.3 is 5.32 Å². The molecule has 1 aromatic heterocycles. The van der Waals surface area contributed by atoms with Crippen molar-refractivity contribution in [2.75, 3.05) is 6.54 Å². The normalized spacial score (nSPS) is 12.7. The van der Waals surface area contributed by atoms with Gasteiger partial charge in [0, 0.05) is 25.2 Å². The largest absolute Gasteiger partial charge is 0.310 e. The number of aryl methyl sites for hydroxylation is 2. The van der Waals surface area contributed by atoms with Crippen molar-refractivity contribution >= 4 is 0 Å². The highest BCUT2D eigenvalue weighted by Gasteiger charge is 2.15. The van der Waals surface area contributed by atoms with E-state index in [0.717, 1.165) is 23.5 Å². The summed E-state index contributed by atoms with van der Waals surface area (Å²) in [6.45, 7) is 4.67. The number of hydrogen-bond donors (Lipinski definition) is 1. The summed E-state index contributed by atoms with van der Waals surface area (Å²) in [6.07, 6.45) is 0.677. The summed E-state index contributed by atoms with van der Waals surface area (Å²) in [5.41, 5.74) is 2.74. The first kappa shape index (κ1) is 14.7. The van der Waals surface area contributed by atoms with Crippen LogP contribution in [0, 0.1) is 18.6 Å². The van der Waals surface area contributed by atoms with Gasteiger partial charge in [-0.25, -0.2) is 8.78 Å². The van der Waals surface area contributed by atoms with Gasteiger partial charge in [-0.05, 0) is 37.2 Å². The second-order valence-electron chi connectivity index (χ2n) is 4.89. The van der Waals surface area contributed by atoms with E-state index in [-0.39, 0.29) is 6.04 Å². The zero-order valence-electron chi connectivity index (χ0n) is 12.0.